The van der Waals surface area contributed by atoms with E-state index in [1.807, 2.05) is 0 Å². The van der Waals surface area contributed by atoms with E-state index in [9.17, 15) is 158 Å². The number of halogens is 36. The lowest BCUT2D eigenvalue weighted by Gasteiger charge is -2.33. The number of alkyl halides is 36. The van der Waals surface area contributed by atoms with Gasteiger partial charge in [0.25, 0.3) is 0 Å². The molecule has 0 atom stereocenters. The molecule has 0 aliphatic rings. The van der Waals surface area contributed by atoms with E-state index in [4.69, 9.17) is 0 Å². The van der Waals surface area contributed by atoms with Crippen molar-refractivity contribution in [2.75, 3.05) is 0 Å². The van der Waals surface area contributed by atoms with Crippen LogP contribution < -0.4 is 0 Å². The fourth-order valence-corrected chi connectivity index (χ4v) is 9.83. The van der Waals surface area contributed by atoms with Gasteiger partial charge in [-0.05, 0) is 139 Å². The lowest BCUT2D eigenvalue weighted by atomic mass is 9.91. The Labute approximate surface area is 542 Å². The first-order valence-corrected chi connectivity index (χ1v) is 27.1. The molecule has 0 aliphatic carbocycles. The highest BCUT2D eigenvalue weighted by Crippen LogP contribution is 2.61. The number of pyridine rings is 4. The van der Waals surface area contributed by atoms with Crippen molar-refractivity contribution >= 4 is 21.5 Å². The van der Waals surface area contributed by atoms with Crippen molar-refractivity contribution in [1.82, 2.24) is 19.9 Å². The van der Waals surface area contributed by atoms with Crippen LogP contribution in [0.25, 0.3) is 88.4 Å². The van der Waals surface area contributed by atoms with Crippen molar-refractivity contribution in [3.8, 4) is 66.9 Å². The first-order chi connectivity index (χ1) is 46.2. The second-order valence-corrected chi connectivity index (χ2v) is 22.1. The third kappa shape index (κ3) is 12.1. The Morgan fingerprint density at radius 3 is 0.686 bits per heavy atom. The minimum Gasteiger partial charge on any atom is -0.256 e. The van der Waals surface area contributed by atoms with Crippen LogP contribution in [0.2, 0.25) is 0 Å². The van der Waals surface area contributed by atoms with Gasteiger partial charge in [-0.3, -0.25) is 19.9 Å². The van der Waals surface area contributed by atoms with Gasteiger partial charge in [0.05, 0.1) is 5.69 Å². The Bertz CT molecular complexity index is 4110. The van der Waals surface area contributed by atoms with Gasteiger partial charge in [0.1, 0.15) is 17.1 Å². The van der Waals surface area contributed by atoms with Crippen LogP contribution in [0.3, 0.4) is 0 Å². The van der Waals surface area contributed by atoms with Crippen LogP contribution in [0, 0.1) is 0 Å². The first-order valence-electron chi connectivity index (χ1n) is 27.1. The minimum absolute atomic E-state index is 0.0200. The molecule has 4 heterocycles. The molecule has 0 spiro atoms. The fourth-order valence-electron chi connectivity index (χ4n) is 9.83. The fraction of sp³-hybridized carbons (Fsp3) is 0.258. The van der Waals surface area contributed by atoms with Crippen molar-refractivity contribution in [2.24, 2.45) is 0 Å². The number of aromatic nitrogens is 4. The standard InChI is InChI=1S/C62H26F36N4/c63-47(64,51(71,72)55(79,80)59(87,88)89)40-8-11-43(99-26-40)39-21-35(19-38(22-39)33-7-14-46(102-25-33)50(69,70)54(77,78)58(85,86)62(96,97)98)28-4-10-42-30(16-28)2-1-29-15-27(3-9-41(29)42)34-17-36(31-5-12-44(100-23-31)48(65,66)52(73,74)56(81,82)60(90,91)92)20-37(18-34)32-6-13-45(101-24-32)49(67,68)53(75,76)57(83,84)61(93,94)95/h1-26H. The summed E-state index contributed by atoms with van der Waals surface area (Å²) in [5, 5.41) is 0.937. The van der Waals surface area contributed by atoms with Gasteiger partial charge >= 0.3 is 95.8 Å². The molecule has 9 aromatic rings. The molecule has 40 heteroatoms. The second-order valence-electron chi connectivity index (χ2n) is 22.1. The van der Waals surface area contributed by atoms with Crippen LogP contribution in [-0.2, 0) is 23.7 Å². The molecule has 0 amide bonds. The molecule has 0 bridgehead atoms. The van der Waals surface area contributed by atoms with Gasteiger partial charge in [0, 0.05) is 52.6 Å². The quantitative estimate of drug-likeness (QED) is 0.0635. The summed E-state index contributed by atoms with van der Waals surface area (Å²) >= 11 is 0. The first kappa shape index (κ1) is 76.9. The molecule has 546 valence electrons. The van der Waals surface area contributed by atoms with E-state index in [-0.39, 0.29) is 110 Å². The summed E-state index contributed by atoms with van der Waals surface area (Å²) in [6, 6.07) is 17.9. The number of hydrogen-bond donors (Lipinski definition) is 0. The van der Waals surface area contributed by atoms with Crippen molar-refractivity contribution < 1.29 is 158 Å². The van der Waals surface area contributed by atoms with Crippen molar-refractivity contribution in [2.45, 2.75) is 95.8 Å². The van der Waals surface area contributed by atoms with E-state index in [0.717, 1.165) is 36.4 Å². The Kier molecular flexibility index (Phi) is 18.2. The highest BCUT2D eigenvalue weighted by molar-refractivity contribution is 6.09. The van der Waals surface area contributed by atoms with E-state index < -0.39 is 146 Å². The molecule has 0 radical (unpaired) electrons. The van der Waals surface area contributed by atoms with Crippen LogP contribution in [0.4, 0.5) is 158 Å². The molecule has 0 N–H and O–H groups in total. The van der Waals surface area contributed by atoms with Crippen molar-refractivity contribution in [3.63, 3.8) is 0 Å². The monoisotopic (exact) mass is 1510 g/mol. The summed E-state index contributed by atoms with van der Waals surface area (Å²) in [5.41, 5.74) is -13.3. The van der Waals surface area contributed by atoms with E-state index in [2.05, 4.69) is 19.9 Å². The molecule has 0 saturated heterocycles. The summed E-state index contributed by atoms with van der Waals surface area (Å²) in [7, 11) is 0. The summed E-state index contributed by atoms with van der Waals surface area (Å²) in [5.74, 6) is -83.9. The third-order valence-corrected chi connectivity index (χ3v) is 15.6. The lowest BCUT2D eigenvalue weighted by molar-refractivity contribution is -0.400. The maximum Gasteiger partial charge on any atom is 0.460 e. The number of hydrogen-bond acceptors (Lipinski definition) is 4. The summed E-state index contributed by atoms with van der Waals surface area (Å²) in [4.78, 5) is 12.3. The number of nitrogens with zero attached hydrogens (tertiary/aromatic N) is 4. The van der Waals surface area contributed by atoms with Gasteiger partial charge in [-0.1, -0.05) is 54.6 Å². The number of benzene rings is 5. The lowest BCUT2D eigenvalue weighted by Crippen LogP contribution is -2.59. The molecule has 0 saturated carbocycles. The van der Waals surface area contributed by atoms with Gasteiger partial charge in [0.2, 0.25) is 0 Å². The molecule has 0 fully saturated rings. The Balaban J connectivity index is 1.14. The SMILES string of the molecule is FC(F)(F)C(F)(F)C(F)(F)C(F)(F)c1ccc(-c2cc(-c3ccc(C(F)(F)C(F)(F)C(F)(F)C(F)(F)F)nc3)cc(-c3ccc4c(ccc5cc(-c6cc(-c7ccc(C(F)(F)C(F)(F)C(F)(F)C(F)(F)F)nc7)cc(-c7ccc(C(F)(F)C(F)(F)C(F)(F)C(F)(F)F)nc7)c6)ccc54)c3)c2)nc1. The predicted octanol–water partition coefficient (Wildman–Crippen LogP) is 23.3. The Hall–Kier alpha value is -9.30. The summed E-state index contributed by atoms with van der Waals surface area (Å²) < 4.78 is 500. The van der Waals surface area contributed by atoms with Gasteiger partial charge < -0.3 is 0 Å². The van der Waals surface area contributed by atoms with Crippen LogP contribution >= 0.6 is 0 Å². The topological polar surface area (TPSA) is 51.6 Å². The largest absolute Gasteiger partial charge is 0.460 e. The zero-order chi connectivity index (χ0) is 76.8. The molecular weight excluding hydrogens is 1480 g/mol. The zero-order valence-corrected chi connectivity index (χ0v) is 48.4. The molecule has 9 rings (SSSR count). The average molecular weight is 1510 g/mol. The molecule has 5 aromatic carbocycles. The van der Waals surface area contributed by atoms with Crippen LogP contribution in [-0.4, -0.2) is 92.0 Å². The maximum absolute atomic E-state index is 14.9. The van der Waals surface area contributed by atoms with Gasteiger partial charge in [0.15, 0.2) is 0 Å². The Morgan fingerprint density at radius 1 is 0.186 bits per heavy atom. The highest BCUT2D eigenvalue weighted by atomic mass is 19.5. The molecule has 4 aromatic heterocycles. The molecule has 4 nitrogen and oxygen atoms in total. The predicted molar refractivity (Wildman–Crippen MR) is 285 cm³/mol. The van der Waals surface area contributed by atoms with Gasteiger partial charge in [-0.25, -0.2) is 0 Å². The van der Waals surface area contributed by atoms with Crippen LogP contribution in [0.1, 0.15) is 22.6 Å². The summed E-state index contributed by atoms with van der Waals surface area (Å²) in [6.07, 6.45) is -28.6. The van der Waals surface area contributed by atoms with Gasteiger partial charge in [-0.15, -0.1) is 0 Å². The Morgan fingerprint density at radius 2 is 0.441 bits per heavy atom. The average Bonchev–Trinajstić information content (AvgIpc) is 0.733. The van der Waals surface area contributed by atoms with Gasteiger partial charge in [-0.2, -0.15) is 158 Å². The number of fused-ring (bicyclic) bond motifs is 3. The second kappa shape index (κ2) is 24.2. The molecular formula is C62H26F36N4. The van der Waals surface area contributed by atoms with Crippen LogP contribution in [0.15, 0.2) is 158 Å². The molecule has 0 unspecified atom stereocenters. The smallest absolute Gasteiger partial charge is 0.256 e. The van der Waals surface area contributed by atoms with Crippen molar-refractivity contribution in [3.05, 3.63) is 181 Å². The van der Waals surface area contributed by atoms with Crippen LogP contribution in [0.5, 0.6) is 0 Å². The van der Waals surface area contributed by atoms with E-state index in [1.165, 1.54) is 48.5 Å². The maximum atomic E-state index is 14.9. The minimum atomic E-state index is -7.38. The van der Waals surface area contributed by atoms with E-state index in [0.29, 0.717) is 24.3 Å². The molecule has 102 heavy (non-hydrogen) atoms. The third-order valence-electron chi connectivity index (χ3n) is 15.6. The van der Waals surface area contributed by atoms with E-state index >= 15 is 0 Å². The van der Waals surface area contributed by atoms with Crippen molar-refractivity contribution in [1.29, 1.82) is 0 Å². The normalized spacial score (nSPS) is 14.5. The summed E-state index contributed by atoms with van der Waals surface area (Å²) in [6.45, 7) is 0. The highest BCUT2D eigenvalue weighted by Gasteiger charge is 2.86. The van der Waals surface area contributed by atoms with E-state index in [1.54, 1.807) is 0 Å². The molecule has 0 aliphatic heterocycles. The number of rotatable bonds is 18. The zero-order valence-electron chi connectivity index (χ0n) is 48.4.